The molecule has 3 heterocycles. The minimum absolute atomic E-state index is 0.236. The molecule has 5 rings (SSSR count). The molecule has 0 radical (unpaired) electrons. The van der Waals surface area contributed by atoms with E-state index in [1.54, 1.807) is 26.4 Å². The maximum Gasteiger partial charge on any atom is 0.291 e. The summed E-state index contributed by atoms with van der Waals surface area (Å²) in [5, 5.41) is 4.33. The molecule has 0 fully saturated rings. The maximum absolute atomic E-state index is 12.8. The van der Waals surface area contributed by atoms with Crippen LogP contribution in [-0.2, 0) is 0 Å². The van der Waals surface area contributed by atoms with Crippen LogP contribution in [0, 0.1) is 0 Å². The number of methoxy groups -OCH3 is 2. The van der Waals surface area contributed by atoms with E-state index in [2.05, 4.69) is 26.0 Å². The Bertz CT molecular complexity index is 1620. The van der Waals surface area contributed by atoms with Crippen molar-refractivity contribution < 1.29 is 13.9 Å². The molecule has 0 aliphatic heterocycles. The first-order valence-corrected chi connectivity index (χ1v) is 11.8. The predicted molar refractivity (Wildman–Crippen MR) is 136 cm³/mol. The minimum Gasteiger partial charge on any atom is -0.493 e. The zero-order valence-corrected chi connectivity index (χ0v) is 20.6. The van der Waals surface area contributed by atoms with Crippen LogP contribution in [0.15, 0.2) is 68.3 Å². The summed E-state index contributed by atoms with van der Waals surface area (Å²) in [5.41, 5.74) is 1.62. The lowest BCUT2D eigenvalue weighted by Gasteiger charge is -2.07. The van der Waals surface area contributed by atoms with Crippen LogP contribution < -0.4 is 19.6 Å². The third-order valence-electron chi connectivity index (χ3n) is 5.06. The number of halogens is 1. The molecule has 0 aliphatic carbocycles. The topological polar surface area (TPSA) is 78.9 Å². The fraction of sp³-hybridized carbons (Fsp3) is 0.0800. The van der Waals surface area contributed by atoms with E-state index in [0.717, 1.165) is 21.4 Å². The molecule has 0 aliphatic rings. The van der Waals surface area contributed by atoms with Crippen molar-refractivity contribution in [3.63, 3.8) is 0 Å². The van der Waals surface area contributed by atoms with Gasteiger partial charge in [-0.1, -0.05) is 51.5 Å². The Morgan fingerprint density at radius 3 is 2.53 bits per heavy atom. The van der Waals surface area contributed by atoms with Crippen LogP contribution in [0.4, 0.5) is 0 Å². The van der Waals surface area contributed by atoms with Crippen molar-refractivity contribution in [2.75, 3.05) is 14.2 Å². The van der Waals surface area contributed by atoms with Gasteiger partial charge in [-0.25, -0.2) is 0 Å². The summed E-state index contributed by atoms with van der Waals surface area (Å²) >= 11 is 4.69. The Kier molecular flexibility index (Phi) is 6.04. The van der Waals surface area contributed by atoms with Crippen molar-refractivity contribution >= 4 is 50.5 Å². The van der Waals surface area contributed by atoms with Gasteiger partial charge in [0.2, 0.25) is 4.96 Å². The first kappa shape index (κ1) is 22.1. The molecule has 5 aromatic rings. The van der Waals surface area contributed by atoms with Crippen molar-refractivity contribution in [3.8, 4) is 22.8 Å². The first-order valence-electron chi connectivity index (χ1n) is 10.2. The number of rotatable bonds is 6. The van der Waals surface area contributed by atoms with Crippen molar-refractivity contribution in [2.24, 2.45) is 0 Å². The molecular weight excluding hydrogens is 518 g/mol. The molecule has 0 atom stereocenters. The van der Waals surface area contributed by atoms with Gasteiger partial charge >= 0.3 is 0 Å². The monoisotopic (exact) mass is 535 g/mol. The van der Waals surface area contributed by atoms with Crippen LogP contribution >= 0.6 is 27.3 Å². The number of furan rings is 1. The number of hydrogen-bond donors (Lipinski definition) is 0. The average Bonchev–Trinajstić information content (AvgIpc) is 3.55. The normalized spacial score (nSPS) is 12.1. The quantitative estimate of drug-likeness (QED) is 0.307. The molecular formula is C25H18BrN3O4S. The van der Waals surface area contributed by atoms with Crippen LogP contribution in [0.1, 0.15) is 17.1 Å². The second kappa shape index (κ2) is 9.28. The number of nitrogens with zero attached hydrogens (tertiary/aromatic N) is 3. The lowest BCUT2D eigenvalue weighted by Crippen LogP contribution is -2.23. The average molecular weight is 536 g/mol. The SMILES string of the molecule is COc1ccc(/C=C/c2nc3s/c(=C\c4ccc(-c5ccc(Br)cc5)o4)c(=O)n3n2)cc1OC. The standard InChI is InChI=1S/C25H18BrN3O4S/c1-31-20-10-3-15(13-21(20)32-2)4-12-23-27-25-29(28-23)24(30)22(34-25)14-18-9-11-19(33-18)16-5-7-17(26)8-6-16/h3-14H,1-2H3/b12-4+,22-14-. The highest BCUT2D eigenvalue weighted by atomic mass is 79.9. The van der Waals surface area contributed by atoms with E-state index in [-0.39, 0.29) is 5.56 Å². The molecule has 7 nitrogen and oxygen atoms in total. The van der Waals surface area contributed by atoms with Crippen LogP contribution in [0.3, 0.4) is 0 Å². The van der Waals surface area contributed by atoms with Crippen molar-refractivity contribution in [2.45, 2.75) is 0 Å². The predicted octanol–water partition coefficient (Wildman–Crippen LogP) is 4.91. The lowest BCUT2D eigenvalue weighted by atomic mass is 10.2. The Labute approximate surface area is 206 Å². The molecule has 9 heteroatoms. The van der Waals surface area contributed by atoms with Crippen molar-refractivity contribution in [1.82, 2.24) is 14.6 Å². The van der Waals surface area contributed by atoms with E-state index in [1.165, 1.54) is 15.9 Å². The van der Waals surface area contributed by atoms with Gasteiger partial charge in [-0.15, -0.1) is 5.10 Å². The maximum atomic E-state index is 12.8. The fourth-order valence-electron chi connectivity index (χ4n) is 3.38. The smallest absolute Gasteiger partial charge is 0.291 e. The van der Waals surface area contributed by atoms with Gasteiger partial charge in [0, 0.05) is 16.1 Å². The second-order valence-electron chi connectivity index (χ2n) is 7.24. The first-order chi connectivity index (χ1) is 16.5. The number of fused-ring (bicyclic) bond motifs is 1. The third kappa shape index (κ3) is 4.40. The van der Waals surface area contributed by atoms with E-state index in [9.17, 15) is 4.79 Å². The molecule has 0 unspecified atom stereocenters. The summed E-state index contributed by atoms with van der Waals surface area (Å²) in [6, 6.07) is 17.1. The van der Waals surface area contributed by atoms with Gasteiger partial charge in [-0.3, -0.25) is 4.79 Å². The Morgan fingerprint density at radius 1 is 1.00 bits per heavy atom. The molecule has 0 amide bonds. The highest BCUT2D eigenvalue weighted by molar-refractivity contribution is 9.10. The summed E-state index contributed by atoms with van der Waals surface area (Å²) in [5.74, 6) is 3.05. The van der Waals surface area contributed by atoms with Gasteiger partial charge in [-0.2, -0.15) is 9.50 Å². The molecule has 0 saturated heterocycles. The van der Waals surface area contributed by atoms with Gasteiger partial charge in [0.15, 0.2) is 17.3 Å². The zero-order chi connectivity index (χ0) is 23.7. The highest BCUT2D eigenvalue weighted by Crippen LogP contribution is 2.28. The van der Waals surface area contributed by atoms with Crippen LogP contribution in [0.5, 0.6) is 11.5 Å². The molecule has 0 N–H and O–H groups in total. The van der Waals surface area contributed by atoms with Gasteiger partial charge in [0.25, 0.3) is 5.56 Å². The second-order valence-corrected chi connectivity index (χ2v) is 9.16. The summed E-state index contributed by atoms with van der Waals surface area (Å²) in [6.45, 7) is 0. The molecule has 3 aromatic heterocycles. The molecule has 0 bridgehead atoms. The van der Waals surface area contributed by atoms with Crippen molar-refractivity contribution in [1.29, 1.82) is 0 Å². The van der Waals surface area contributed by atoms with E-state index in [4.69, 9.17) is 13.9 Å². The lowest BCUT2D eigenvalue weighted by molar-refractivity contribution is 0.355. The van der Waals surface area contributed by atoms with E-state index in [1.807, 2.05) is 60.7 Å². The number of aromatic nitrogens is 3. The largest absolute Gasteiger partial charge is 0.493 e. The number of thiazole rings is 1. The van der Waals surface area contributed by atoms with Gasteiger partial charge in [-0.05, 0) is 48.0 Å². The highest BCUT2D eigenvalue weighted by Gasteiger charge is 2.10. The number of hydrogen-bond acceptors (Lipinski definition) is 7. The fourth-order valence-corrected chi connectivity index (χ4v) is 4.53. The summed E-state index contributed by atoms with van der Waals surface area (Å²) < 4.78 is 19.3. The number of ether oxygens (including phenoxy) is 2. The van der Waals surface area contributed by atoms with E-state index >= 15 is 0 Å². The van der Waals surface area contributed by atoms with E-state index < -0.39 is 0 Å². The number of benzene rings is 2. The molecule has 2 aromatic carbocycles. The molecule has 34 heavy (non-hydrogen) atoms. The van der Waals surface area contributed by atoms with E-state index in [0.29, 0.717) is 32.6 Å². The Balaban J connectivity index is 1.40. The Hall–Kier alpha value is -3.69. The molecule has 170 valence electrons. The minimum atomic E-state index is -0.236. The van der Waals surface area contributed by atoms with Crippen LogP contribution in [-0.4, -0.2) is 28.8 Å². The molecule has 0 spiro atoms. The van der Waals surface area contributed by atoms with Gasteiger partial charge in [0.05, 0.1) is 14.2 Å². The van der Waals surface area contributed by atoms with Crippen molar-refractivity contribution in [3.05, 3.63) is 91.1 Å². The molecule has 0 saturated carbocycles. The third-order valence-corrected chi connectivity index (χ3v) is 6.55. The van der Waals surface area contributed by atoms with Crippen LogP contribution in [0.2, 0.25) is 0 Å². The Morgan fingerprint density at radius 2 is 1.79 bits per heavy atom. The summed E-state index contributed by atoms with van der Waals surface area (Å²) in [4.78, 5) is 17.8. The summed E-state index contributed by atoms with van der Waals surface area (Å²) in [7, 11) is 3.18. The van der Waals surface area contributed by atoms with Crippen LogP contribution in [0.25, 0.3) is 34.5 Å². The summed E-state index contributed by atoms with van der Waals surface area (Å²) in [6.07, 6.45) is 5.32. The zero-order valence-electron chi connectivity index (χ0n) is 18.2. The van der Waals surface area contributed by atoms with Gasteiger partial charge < -0.3 is 13.9 Å². The van der Waals surface area contributed by atoms with Gasteiger partial charge in [0.1, 0.15) is 16.1 Å².